The van der Waals surface area contributed by atoms with Crippen molar-refractivity contribution >= 4 is 39.4 Å². The molecule has 1 unspecified atom stereocenters. The Morgan fingerprint density at radius 1 is 0.830 bits per heavy atom. The Morgan fingerprint density at radius 2 is 1.43 bits per heavy atom. The molecule has 0 fully saturated rings. The van der Waals surface area contributed by atoms with Gasteiger partial charge >= 0.3 is 0 Å². The molecule has 2 aliphatic rings. The molecule has 234 valence electrons. The van der Waals surface area contributed by atoms with E-state index in [0.29, 0.717) is 23.1 Å². The normalized spacial score (nSPS) is 18.0. The van der Waals surface area contributed by atoms with Crippen LogP contribution < -0.4 is 14.4 Å². The van der Waals surface area contributed by atoms with Crippen LogP contribution >= 0.6 is 0 Å². The number of allylic oxidation sites excluding steroid dienone is 5. The maximum absolute atomic E-state index is 8.07. The van der Waals surface area contributed by atoms with Gasteiger partial charge in [-0.2, -0.15) is 0 Å². The highest BCUT2D eigenvalue weighted by Gasteiger charge is 2.38. The van der Waals surface area contributed by atoms with Crippen LogP contribution in [0, 0.1) is 17.9 Å². The zero-order valence-corrected chi connectivity index (χ0v) is 27.2. The average molecular weight is 620 g/mol. The van der Waals surface area contributed by atoms with Crippen molar-refractivity contribution in [3.8, 4) is 11.5 Å². The molecule has 0 bridgehead atoms. The third-order valence-electron chi connectivity index (χ3n) is 9.45. The van der Waals surface area contributed by atoms with Crippen LogP contribution in [0.15, 0.2) is 125 Å². The zero-order valence-electron chi connectivity index (χ0n) is 27.2. The second kappa shape index (κ2) is 12.3. The standard InChI is InChI=1S/C41H37N3O3/c1-41(2)26-30(39(42-3)40-43-37-8-6-7-9-38(37)47-40)25-29-24-28(12-23-36(29)41)27-10-13-31(14-11-27)44(32-15-19-34(45-4)20-16-32)33-17-21-35(46-5)22-18-33/h6-11,13-22,24-25,36H,12,23,26H2,1-2,4-5H3. The van der Waals surface area contributed by atoms with E-state index in [1.807, 2.05) is 48.5 Å². The van der Waals surface area contributed by atoms with E-state index in [0.717, 1.165) is 58.9 Å². The minimum atomic E-state index is 0.00445. The summed E-state index contributed by atoms with van der Waals surface area (Å²) in [5.74, 6) is 2.45. The summed E-state index contributed by atoms with van der Waals surface area (Å²) in [5.41, 5.74) is 9.88. The highest BCUT2D eigenvalue weighted by molar-refractivity contribution is 5.81. The number of methoxy groups -OCH3 is 2. The van der Waals surface area contributed by atoms with E-state index < -0.39 is 0 Å². The summed E-state index contributed by atoms with van der Waals surface area (Å²) in [4.78, 5) is 10.8. The van der Waals surface area contributed by atoms with Gasteiger partial charge in [0.15, 0.2) is 5.58 Å². The number of anilines is 3. The van der Waals surface area contributed by atoms with Crippen molar-refractivity contribution < 1.29 is 13.9 Å². The molecule has 0 amide bonds. The number of rotatable bonds is 7. The highest BCUT2D eigenvalue weighted by atomic mass is 16.5. The summed E-state index contributed by atoms with van der Waals surface area (Å²) in [6.07, 6.45) is 7.45. The van der Waals surface area contributed by atoms with Gasteiger partial charge in [-0.15, -0.1) is 0 Å². The first-order valence-electron chi connectivity index (χ1n) is 15.9. The molecule has 5 aromatic rings. The first-order chi connectivity index (χ1) is 22.9. The van der Waals surface area contributed by atoms with Gasteiger partial charge in [-0.05, 0) is 126 Å². The summed E-state index contributed by atoms with van der Waals surface area (Å²) in [5, 5.41) is 0. The van der Waals surface area contributed by atoms with Crippen molar-refractivity contribution in [2.45, 2.75) is 33.1 Å². The van der Waals surface area contributed by atoms with E-state index in [9.17, 15) is 0 Å². The summed E-state index contributed by atoms with van der Waals surface area (Å²) in [7, 11) is 3.36. The van der Waals surface area contributed by atoms with E-state index in [1.54, 1.807) is 14.2 Å². The van der Waals surface area contributed by atoms with Crippen molar-refractivity contribution in [2.24, 2.45) is 11.3 Å². The van der Waals surface area contributed by atoms with Gasteiger partial charge in [-0.3, -0.25) is 0 Å². The van der Waals surface area contributed by atoms with Crippen molar-refractivity contribution in [2.75, 3.05) is 19.1 Å². The molecule has 1 heterocycles. The molecule has 0 spiro atoms. The van der Waals surface area contributed by atoms with Gasteiger partial charge in [0.1, 0.15) is 17.0 Å². The smallest absolute Gasteiger partial charge is 0.250 e. The number of ether oxygens (including phenoxy) is 2. The lowest BCUT2D eigenvalue weighted by Gasteiger charge is -2.42. The molecule has 0 radical (unpaired) electrons. The molecule has 1 aromatic heterocycles. The van der Waals surface area contributed by atoms with Crippen LogP contribution in [-0.2, 0) is 0 Å². The van der Waals surface area contributed by atoms with E-state index in [-0.39, 0.29) is 5.41 Å². The SMILES string of the molecule is [C-]#[N+]C(=C1C=C2C=C(c3ccc(N(c4ccc(OC)cc4)c4ccc(OC)cc4)cc3)CCC2C(C)(C)C1)c1nc2ccccc2o1. The van der Waals surface area contributed by atoms with Crippen LogP contribution in [0.25, 0.3) is 27.2 Å². The number of benzene rings is 4. The number of aromatic nitrogens is 1. The predicted octanol–water partition coefficient (Wildman–Crippen LogP) is 10.8. The molecule has 47 heavy (non-hydrogen) atoms. The Balaban J connectivity index is 1.24. The van der Waals surface area contributed by atoms with E-state index in [4.69, 9.17) is 20.5 Å². The zero-order chi connectivity index (χ0) is 32.5. The largest absolute Gasteiger partial charge is 0.497 e. The van der Waals surface area contributed by atoms with E-state index >= 15 is 0 Å². The fraction of sp³-hybridized carbons (Fsp3) is 0.220. The van der Waals surface area contributed by atoms with Crippen molar-refractivity contribution in [1.82, 2.24) is 4.98 Å². The van der Waals surface area contributed by atoms with Crippen LogP contribution in [0.1, 0.15) is 44.6 Å². The molecular weight excluding hydrogens is 582 g/mol. The summed E-state index contributed by atoms with van der Waals surface area (Å²) < 4.78 is 16.9. The molecule has 4 aromatic carbocycles. The van der Waals surface area contributed by atoms with Crippen molar-refractivity contribution in [3.05, 3.63) is 143 Å². The Labute approximate surface area is 276 Å². The summed E-state index contributed by atoms with van der Waals surface area (Å²) >= 11 is 0. The van der Waals surface area contributed by atoms with Crippen LogP contribution in [0.4, 0.5) is 17.1 Å². The van der Waals surface area contributed by atoms with Crippen LogP contribution in [-0.4, -0.2) is 19.2 Å². The Bertz CT molecular complexity index is 1980. The van der Waals surface area contributed by atoms with Gasteiger partial charge in [0.25, 0.3) is 5.70 Å². The number of hydrogen-bond acceptors (Lipinski definition) is 5. The maximum Gasteiger partial charge on any atom is 0.250 e. The first-order valence-corrected chi connectivity index (χ1v) is 15.9. The van der Waals surface area contributed by atoms with Gasteiger partial charge in [-0.1, -0.05) is 50.3 Å². The quantitative estimate of drug-likeness (QED) is 0.170. The Hall–Kier alpha value is -5.54. The van der Waals surface area contributed by atoms with Crippen LogP contribution in [0.2, 0.25) is 0 Å². The molecule has 2 aliphatic carbocycles. The number of oxazole rings is 1. The molecule has 0 saturated carbocycles. The topological polar surface area (TPSA) is 52.1 Å². The van der Waals surface area contributed by atoms with Gasteiger partial charge in [-0.25, -0.2) is 9.83 Å². The van der Waals surface area contributed by atoms with Gasteiger partial charge in [0.05, 0.1) is 20.8 Å². The Morgan fingerprint density at radius 3 is 2.00 bits per heavy atom. The number of hydrogen-bond donors (Lipinski definition) is 0. The minimum absolute atomic E-state index is 0.00445. The molecule has 0 aliphatic heterocycles. The molecule has 1 atom stereocenters. The number of para-hydroxylation sites is 2. The maximum atomic E-state index is 8.07. The third kappa shape index (κ3) is 5.81. The molecule has 0 N–H and O–H groups in total. The van der Waals surface area contributed by atoms with E-state index in [2.05, 4.69) is 89.3 Å². The van der Waals surface area contributed by atoms with Crippen LogP contribution in [0.3, 0.4) is 0 Å². The van der Waals surface area contributed by atoms with E-state index in [1.165, 1.54) is 16.7 Å². The lowest BCUT2D eigenvalue weighted by Crippen LogP contribution is -2.31. The molecule has 6 heteroatoms. The monoisotopic (exact) mass is 619 g/mol. The lowest BCUT2D eigenvalue weighted by molar-refractivity contribution is 0.228. The predicted molar refractivity (Wildman–Crippen MR) is 189 cm³/mol. The lowest BCUT2D eigenvalue weighted by atomic mass is 9.62. The average Bonchev–Trinajstić information content (AvgIpc) is 3.53. The second-order valence-electron chi connectivity index (χ2n) is 12.8. The van der Waals surface area contributed by atoms with Crippen molar-refractivity contribution in [1.29, 1.82) is 0 Å². The third-order valence-corrected chi connectivity index (χ3v) is 9.45. The summed E-state index contributed by atoms with van der Waals surface area (Å²) in [6.45, 7) is 12.7. The van der Waals surface area contributed by atoms with Crippen LogP contribution in [0.5, 0.6) is 11.5 Å². The second-order valence-corrected chi connectivity index (χ2v) is 12.8. The molecule has 7 rings (SSSR count). The first kappa shape index (κ1) is 30.1. The summed E-state index contributed by atoms with van der Waals surface area (Å²) in [6, 6.07) is 32.7. The molecule has 0 saturated heterocycles. The number of fused-ring (bicyclic) bond motifs is 2. The minimum Gasteiger partial charge on any atom is -0.497 e. The number of nitrogens with zero attached hydrogens (tertiary/aromatic N) is 3. The molecular formula is C41H37N3O3. The Kier molecular flexibility index (Phi) is 7.91. The fourth-order valence-electron chi connectivity index (χ4n) is 7.04. The fourth-order valence-corrected chi connectivity index (χ4v) is 7.04. The highest BCUT2D eigenvalue weighted by Crippen LogP contribution is 2.51. The van der Waals surface area contributed by atoms with Gasteiger partial charge < -0.3 is 18.8 Å². The van der Waals surface area contributed by atoms with Gasteiger partial charge in [0, 0.05) is 17.1 Å². The molecule has 6 nitrogen and oxygen atoms in total. The van der Waals surface area contributed by atoms with Crippen molar-refractivity contribution in [3.63, 3.8) is 0 Å². The van der Waals surface area contributed by atoms with Gasteiger partial charge in [0.2, 0.25) is 5.89 Å².